The number of carbonyl (C=O) groups excluding carboxylic acids is 1. The topological polar surface area (TPSA) is 146 Å². The SMILES string of the molecule is C.C.COC[C@]12CC[C@](C)(O)CC1=CC[C@@H]1[C@@H]2CC[C@]2(C)[C@@H]([C@H](C)CCC(C)O)CC[C@@H]12.COC[C@]12CC[C@](C)(O)CC1=CC[C@@H]1[C@@H]2CC[C@]2(C)[C@@H]([C@H](C)CCC=O)CC[C@@H]12.COC[C@]12CC[C@](C)(O)CC1=CC[C@@H]1[C@@H]2CC[C@]2(C)[C@@H]([C@H](C)CCCO)CC[C@@H]12.CPC.[2HH].[2H][2H].[2H][2H].[2H][2H].[Br-].[CH3-].[Mg+2]. The molecule has 9 nitrogen and oxygen atoms in total. The van der Waals surface area contributed by atoms with Gasteiger partial charge in [0.1, 0.15) is 6.29 Å². The Labute approximate surface area is 630 Å². The van der Waals surface area contributed by atoms with Gasteiger partial charge in [-0.15, -0.1) is 8.58 Å². The van der Waals surface area contributed by atoms with Gasteiger partial charge < -0.3 is 68.9 Å². The van der Waals surface area contributed by atoms with Crippen LogP contribution >= 0.6 is 8.58 Å². The van der Waals surface area contributed by atoms with Gasteiger partial charge in [0.05, 0.1) is 42.7 Å². The van der Waals surface area contributed by atoms with Crippen molar-refractivity contribution in [3.8, 4) is 0 Å². The van der Waals surface area contributed by atoms with Gasteiger partial charge in [-0.25, -0.2) is 0 Å². The Balaban J connectivity index is 0.00000139. The molecule has 0 aliphatic heterocycles. The summed E-state index contributed by atoms with van der Waals surface area (Å²) >= 11 is 0. The van der Waals surface area contributed by atoms with Crippen molar-refractivity contribution in [1.29, 1.82) is 0 Å². The minimum atomic E-state index is -0.550. The van der Waals surface area contributed by atoms with Gasteiger partial charge in [0.25, 0.3) is 0 Å². The number of ether oxygens (including phenoxy) is 3. The smallest absolute Gasteiger partial charge is 1.00 e. The zero-order valence-electron chi connectivity index (χ0n) is 69.0. The Hall–Kier alpha value is 0.246. The Morgan fingerprint density at radius 2 is 0.812 bits per heavy atom. The maximum atomic E-state index is 10.9. The molecule has 12 heteroatoms. The van der Waals surface area contributed by atoms with E-state index in [9.17, 15) is 30.3 Å². The molecule has 5 N–H and O–H groups in total. The van der Waals surface area contributed by atoms with Crippen LogP contribution in [0.5, 0.6) is 0 Å². The fourth-order valence-electron chi connectivity index (χ4n) is 26.2. The van der Waals surface area contributed by atoms with Crippen molar-refractivity contribution in [3.63, 3.8) is 0 Å². The average molecular weight is 1450 g/mol. The second-order valence-electron chi connectivity index (χ2n) is 36.0. The molecule has 1 unspecified atom stereocenters. The first-order valence-corrected chi connectivity index (χ1v) is 40.1. The standard InChI is InChI=1S/C27H46O3.C26H44O3.C26H42O3.C2H7P.2CH4.CH3.BrH.Mg.4H2/c1-18(6-7-19(2)28)22-10-11-23-21-9-8-20-16-25(3,29)14-15-27(20,17-30-5)24(21)12-13-26(22,23)4;2*1-18(6-5-15-27)21-9-10-22-20-8-7-19-16-24(2,28)13-14-26(19,17-29-4)23(20)11-12-25(21,22)3;1-3-2;;;;;;;;;/h8,18-19,21-24,28-29H,6-7,9-17H2,1-5H3;7,18,20-23,27-28H,5-6,8-17H2,1-4H3;7,15,18,20-23,28H,5-6,8-14,16-17H2,1-4H3;3H,1-2H3;2*1H4;1H3;1H;;4*1H/q;;;;;;-1;;+2;;;;/p-1/t18-,19?,21+,22-,23+,24+,25+,26-,27-;2*18-,20+,21-,22+,23+,24+,25-,26-;;;;;;;;;;/m111........../s1/i;;;;;;;;;3*1+1D;1+1. The van der Waals surface area contributed by atoms with E-state index < -0.39 is 16.8 Å². The van der Waals surface area contributed by atoms with Crippen LogP contribution in [0.2, 0.25) is 0 Å². The average Bonchev–Trinajstić information content (AvgIpc) is 1.66. The summed E-state index contributed by atoms with van der Waals surface area (Å²) in [6.45, 7) is 30.2. The summed E-state index contributed by atoms with van der Waals surface area (Å²) in [7, 11) is 6.67. The summed E-state index contributed by atoms with van der Waals surface area (Å²) in [5, 5.41) is 51.3. The van der Waals surface area contributed by atoms with E-state index >= 15 is 0 Å². The third-order valence-electron chi connectivity index (χ3n) is 30.4. The van der Waals surface area contributed by atoms with Crippen LogP contribution < -0.4 is 17.0 Å². The molecule has 9 saturated carbocycles. The summed E-state index contributed by atoms with van der Waals surface area (Å²) in [6.07, 6.45) is 42.7. The maximum Gasteiger partial charge on any atom is 2.00 e. The quantitative estimate of drug-likeness (QED) is 0.0298. The zero-order chi connectivity index (χ0) is 72.2. The van der Waals surface area contributed by atoms with Crippen molar-refractivity contribution in [2.75, 3.05) is 61.1 Å². The zero-order valence-corrected chi connectivity index (χ0v) is 67.0. The first kappa shape index (κ1) is 83.5. The molecule has 0 bridgehead atoms. The van der Waals surface area contributed by atoms with E-state index in [4.69, 9.17) is 23.1 Å². The van der Waals surface area contributed by atoms with Crippen LogP contribution in [-0.2, 0) is 19.0 Å². The molecule has 12 aliphatic carbocycles. The van der Waals surface area contributed by atoms with Crippen molar-refractivity contribution >= 4 is 37.9 Å². The molecule has 12 aliphatic rings. The van der Waals surface area contributed by atoms with E-state index in [2.05, 4.69) is 73.1 Å². The number of methoxy groups -OCH3 is 3. The van der Waals surface area contributed by atoms with Crippen molar-refractivity contribution in [3.05, 3.63) is 42.4 Å². The van der Waals surface area contributed by atoms with Crippen LogP contribution in [0.3, 0.4) is 0 Å². The molecular formula is C84H158BrMgO9P. The predicted octanol–water partition coefficient (Wildman–Crippen LogP) is 16.9. The van der Waals surface area contributed by atoms with E-state index in [1.54, 1.807) is 0 Å². The molecule has 12 rings (SSSR count). The summed E-state index contributed by atoms with van der Waals surface area (Å²) < 4.78 is 47.6. The number of fused-ring (bicyclic) bond motifs is 15. The van der Waals surface area contributed by atoms with E-state index in [-0.39, 0.29) is 86.1 Å². The first-order valence-electron chi connectivity index (χ1n) is 41.1. The second-order valence-corrected chi connectivity index (χ2v) is 37.0. The van der Waals surface area contributed by atoms with E-state index in [0.29, 0.717) is 47.0 Å². The van der Waals surface area contributed by atoms with Gasteiger partial charge >= 0.3 is 23.1 Å². The van der Waals surface area contributed by atoms with E-state index in [1.165, 1.54) is 119 Å². The molecule has 0 spiro atoms. The van der Waals surface area contributed by atoms with Crippen LogP contribution in [-0.4, -0.2) is 139 Å². The van der Waals surface area contributed by atoms with Crippen LogP contribution in [0.15, 0.2) is 34.9 Å². The number of aliphatic hydroxyl groups excluding tert-OH is 2. The number of aldehydes is 1. The molecule has 0 aromatic heterocycles. The maximum absolute atomic E-state index is 10.9. The summed E-state index contributed by atoms with van der Waals surface area (Å²) in [5.41, 5.74) is 4.72. The number of rotatable bonds is 18. The molecule has 0 aromatic carbocycles. The van der Waals surface area contributed by atoms with Crippen LogP contribution in [0.1, 0.15) is 287 Å². The molecule has 0 saturated heterocycles. The fourth-order valence-corrected chi connectivity index (χ4v) is 26.2. The van der Waals surface area contributed by atoms with Gasteiger partial charge in [-0.05, 0) is 332 Å². The van der Waals surface area contributed by atoms with Crippen molar-refractivity contribution < 1.29 is 71.9 Å². The second kappa shape index (κ2) is 36.0. The molecule has 0 aromatic rings. The summed E-state index contributed by atoms with van der Waals surface area (Å²) in [5.74, 6) is 11.4. The predicted molar refractivity (Wildman–Crippen MR) is 410 cm³/mol. The number of allylic oxidation sites excluding steroid dienone is 3. The molecule has 0 radical (unpaired) electrons. The largest absolute Gasteiger partial charge is 2.00 e. The molecule has 25 atom stereocenters. The molecule has 0 heterocycles. The number of aliphatic hydroxyl groups is 5. The number of halogens is 1. The van der Waals surface area contributed by atoms with Crippen molar-refractivity contribution in [2.45, 2.75) is 300 Å². The molecular weight excluding hydrogens is 1290 g/mol. The van der Waals surface area contributed by atoms with E-state index in [0.717, 1.165) is 189 Å². The molecule has 96 heavy (non-hydrogen) atoms. The molecule has 0 amide bonds. The third-order valence-corrected chi connectivity index (χ3v) is 30.4. The Kier molecular flexibility index (Phi) is 31.3. The van der Waals surface area contributed by atoms with Gasteiger partial charge in [-0.2, -0.15) is 0 Å². The third kappa shape index (κ3) is 17.4. The number of hydrogen-bond acceptors (Lipinski definition) is 9. The van der Waals surface area contributed by atoms with Crippen LogP contribution in [0.4, 0.5) is 0 Å². The minimum absolute atomic E-state index is 0. The number of carbonyl (C=O) groups is 1. The van der Waals surface area contributed by atoms with Gasteiger partial charge in [0.2, 0.25) is 0 Å². The van der Waals surface area contributed by atoms with Gasteiger partial charge in [0.15, 0.2) is 0 Å². The minimum Gasteiger partial charge on any atom is -1.00 e. The van der Waals surface area contributed by atoms with E-state index in [1.807, 2.05) is 49.0 Å². The van der Waals surface area contributed by atoms with Gasteiger partial charge in [-0.1, -0.05) is 91.3 Å². The Bertz CT molecular complexity index is 2540. The normalized spacial score (nSPS) is 44.1. The van der Waals surface area contributed by atoms with Crippen molar-refractivity contribution in [2.24, 2.45) is 121 Å². The van der Waals surface area contributed by atoms with Gasteiger partial charge in [-0.3, -0.25) is 0 Å². The Morgan fingerprint density at radius 1 is 0.510 bits per heavy atom. The van der Waals surface area contributed by atoms with Crippen LogP contribution in [0, 0.1) is 129 Å². The Morgan fingerprint density at radius 3 is 1.09 bits per heavy atom. The first-order chi connectivity index (χ1) is 46.1. The van der Waals surface area contributed by atoms with Crippen molar-refractivity contribution in [1.82, 2.24) is 0 Å². The monoisotopic (exact) mass is 1450 g/mol. The summed E-state index contributed by atoms with van der Waals surface area (Å²) in [6, 6.07) is 0. The molecule has 562 valence electrons. The summed E-state index contributed by atoms with van der Waals surface area (Å²) in [4.78, 5) is 10.9. The molecule has 9 fully saturated rings. The van der Waals surface area contributed by atoms with Crippen LogP contribution in [0.25, 0.3) is 0 Å². The fraction of sp³-hybridized carbons (Fsp3) is 0.905. The number of hydrogen-bond donors (Lipinski definition) is 5. The van der Waals surface area contributed by atoms with Gasteiger partial charge in [0, 0.05) is 60.9 Å².